The summed E-state index contributed by atoms with van der Waals surface area (Å²) < 4.78 is 1.88. The van der Waals surface area contributed by atoms with Crippen LogP contribution in [0.25, 0.3) is 10.9 Å². The second-order valence-electron chi connectivity index (χ2n) is 3.49. The van der Waals surface area contributed by atoms with Crippen molar-refractivity contribution in [2.45, 2.75) is 6.54 Å². The smallest absolute Gasteiger partial charge is 0.0841 e. The maximum atomic E-state index is 8.67. The highest BCUT2D eigenvalue weighted by Gasteiger charge is 2.06. The normalized spacial score (nSPS) is 11.1. The van der Waals surface area contributed by atoms with E-state index in [1.54, 1.807) is 0 Å². The van der Waals surface area contributed by atoms with Crippen molar-refractivity contribution >= 4 is 10.9 Å². The van der Waals surface area contributed by atoms with Crippen LogP contribution in [0.15, 0.2) is 24.3 Å². The number of aliphatic hydroxyl groups excluding tert-OH is 1. The van der Waals surface area contributed by atoms with Crippen molar-refractivity contribution in [1.29, 1.82) is 0 Å². The number of para-hydroxylation sites is 1. The minimum absolute atomic E-state index is 0.158. The molecule has 0 spiro atoms. The number of nitrogens with zero attached hydrogens (tertiary/aromatic N) is 2. The van der Waals surface area contributed by atoms with Crippen LogP contribution in [0, 0.1) is 0 Å². The maximum absolute atomic E-state index is 8.67. The van der Waals surface area contributed by atoms with Crippen LogP contribution < -0.4 is 5.32 Å². The van der Waals surface area contributed by atoms with E-state index < -0.39 is 0 Å². The summed E-state index contributed by atoms with van der Waals surface area (Å²) in [6.07, 6.45) is 0. The molecule has 0 saturated heterocycles. The van der Waals surface area contributed by atoms with Gasteiger partial charge >= 0.3 is 0 Å². The van der Waals surface area contributed by atoms with Crippen LogP contribution in [0.5, 0.6) is 0 Å². The van der Waals surface area contributed by atoms with E-state index in [4.69, 9.17) is 5.11 Å². The molecule has 2 rings (SSSR count). The number of aromatic nitrogens is 2. The molecule has 0 unspecified atom stereocenters. The second-order valence-corrected chi connectivity index (χ2v) is 3.49. The third-order valence-electron chi connectivity index (χ3n) is 2.42. The predicted molar refractivity (Wildman–Crippen MR) is 59.5 cm³/mol. The first-order valence-electron chi connectivity index (χ1n) is 5.05. The van der Waals surface area contributed by atoms with Gasteiger partial charge in [-0.2, -0.15) is 5.10 Å². The third kappa shape index (κ3) is 2.00. The first kappa shape index (κ1) is 10.1. The van der Waals surface area contributed by atoms with Crippen molar-refractivity contribution in [3.05, 3.63) is 30.0 Å². The number of aliphatic hydroxyl groups is 1. The van der Waals surface area contributed by atoms with Crippen molar-refractivity contribution < 1.29 is 5.11 Å². The lowest BCUT2D eigenvalue weighted by Gasteiger charge is -1.98. The van der Waals surface area contributed by atoms with Gasteiger partial charge in [0.2, 0.25) is 0 Å². The highest BCUT2D eigenvalue weighted by Crippen LogP contribution is 2.16. The maximum Gasteiger partial charge on any atom is 0.0841 e. The van der Waals surface area contributed by atoms with Crippen molar-refractivity contribution in [2.24, 2.45) is 7.05 Å². The Hall–Kier alpha value is -1.39. The van der Waals surface area contributed by atoms with Gasteiger partial charge in [-0.3, -0.25) is 4.68 Å². The summed E-state index contributed by atoms with van der Waals surface area (Å²) in [4.78, 5) is 0. The van der Waals surface area contributed by atoms with Crippen molar-refractivity contribution in [3.8, 4) is 0 Å². The lowest BCUT2D eigenvalue weighted by Crippen LogP contribution is -2.17. The van der Waals surface area contributed by atoms with Gasteiger partial charge in [0.15, 0.2) is 0 Å². The zero-order valence-corrected chi connectivity index (χ0v) is 8.77. The molecule has 0 amide bonds. The lowest BCUT2D eigenvalue weighted by molar-refractivity contribution is 0.291. The summed E-state index contributed by atoms with van der Waals surface area (Å²) in [5.41, 5.74) is 2.17. The number of hydrogen-bond acceptors (Lipinski definition) is 3. The quantitative estimate of drug-likeness (QED) is 0.721. The molecular formula is C11H15N3O. The van der Waals surface area contributed by atoms with Gasteiger partial charge in [-0.15, -0.1) is 0 Å². The SMILES string of the molecule is Cn1nc(CNCCO)c2ccccc21. The highest BCUT2D eigenvalue weighted by atomic mass is 16.3. The predicted octanol–water partition coefficient (Wildman–Crippen LogP) is 0.655. The van der Waals surface area contributed by atoms with Gasteiger partial charge < -0.3 is 10.4 Å². The highest BCUT2D eigenvalue weighted by molar-refractivity contribution is 5.81. The number of aryl methyl sites for hydroxylation is 1. The molecule has 0 radical (unpaired) electrons. The zero-order valence-electron chi connectivity index (χ0n) is 8.77. The van der Waals surface area contributed by atoms with Crippen LogP contribution in [-0.2, 0) is 13.6 Å². The molecule has 0 atom stereocenters. The van der Waals surface area contributed by atoms with Crippen molar-refractivity contribution in [2.75, 3.05) is 13.2 Å². The largest absolute Gasteiger partial charge is 0.395 e. The van der Waals surface area contributed by atoms with Crippen LogP contribution in [0.4, 0.5) is 0 Å². The van der Waals surface area contributed by atoms with Gasteiger partial charge in [-0.1, -0.05) is 18.2 Å². The summed E-state index contributed by atoms with van der Waals surface area (Å²) in [5, 5.41) is 17.4. The van der Waals surface area contributed by atoms with E-state index in [-0.39, 0.29) is 6.61 Å². The Kier molecular flexibility index (Phi) is 2.99. The molecule has 4 nitrogen and oxygen atoms in total. The van der Waals surface area contributed by atoms with E-state index in [1.165, 1.54) is 5.39 Å². The minimum atomic E-state index is 0.158. The zero-order chi connectivity index (χ0) is 10.7. The molecule has 1 heterocycles. The number of fused-ring (bicyclic) bond motifs is 1. The van der Waals surface area contributed by atoms with E-state index in [9.17, 15) is 0 Å². The Morgan fingerprint density at radius 3 is 3.00 bits per heavy atom. The van der Waals surface area contributed by atoms with E-state index in [0.29, 0.717) is 13.1 Å². The summed E-state index contributed by atoms with van der Waals surface area (Å²) in [5.74, 6) is 0. The molecule has 0 saturated carbocycles. The molecule has 1 aromatic carbocycles. The third-order valence-corrected chi connectivity index (χ3v) is 2.42. The minimum Gasteiger partial charge on any atom is -0.395 e. The molecule has 15 heavy (non-hydrogen) atoms. The summed E-state index contributed by atoms with van der Waals surface area (Å²) in [6, 6.07) is 8.14. The van der Waals surface area contributed by atoms with Crippen molar-refractivity contribution in [3.63, 3.8) is 0 Å². The van der Waals surface area contributed by atoms with E-state index >= 15 is 0 Å². The fraction of sp³-hybridized carbons (Fsp3) is 0.364. The van der Waals surface area contributed by atoms with Gasteiger partial charge in [-0.05, 0) is 6.07 Å². The Morgan fingerprint density at radius 1 is 1.40 bits per heavy atom. The molecule has 80 valence electrons. The molecule has 0 aliphatic heterocycles. The number of rotatable bonds is 4. The number of nitrogens with one attached hydrogen (secondary N) is 1. The van der Waals surface area contributed by atoms with Crippen LogP contribution in [-0.4, -0.2) is 28.0 Å². The standard InChI is InChI=1S/C11H15N3O/c1-14-11-5-3-2-4-9(11)10(13-14)8-12-6-7-15/h2-5,12,15H,6-8H2,1H3. The first-order chi connectivity index (χ1) is 7.33. The fourth-order valence-electron chi connectivity index (χ4n) is 1.71. The molecule has 2 N–H and O–H groups in total. The van der Waals surface area contributed by atoms with Crippen LogP contribution in [0.3, 0.4) is 0 Å². The summed E-state index contributed by atoms with van der Waals surface area (Å²) in [6.45, 7) is 1.46. The molecule has 0 aliphatic carbocycles. The molecule has 0 aliphatic rings. The van der Waals surface area contributed by atoms with E-state index in [0.717, 1.165) is 11.2 Å². The molecule has 0 fully saturated rings. The number of benzene rings is 1. The lowest BCUT2D eigenvalue weighted by atomic mass is 10.2. The fourth-order valence-corrected chi connectivity index (χ4v) is 1.71. The first-order valence-corrected chi connectivity index (χ1v) is 5.05. The average molecular weight is 205 g/mol. The average Bonchev–Trinajstić information content (AvgIpc) is 2.58. The van der Waals surface area contributed by atoms with Gasteiger partial charge in [0.1, 0.15) is 0 Å². The van der Waals surface area contributed by atoms with E-state index in [1.807, 2.05) is 23.9 Å². The Bertz CT molecular complexity index is 450. The topological polar surface area (TPSA) is 50.1 Å². The Balaban J connectivity index is 2.27. The second kappa shape index (κ2) is 4.42. The molecule has 1 aromatic heterocycles. The Labute approximate surface area is 88.5 Å². The van der Waals surface area contributed by atoms with Gasteiger partial charge in [0.25, 0.3) is 0 Å². The Morgan fingerprint density at radius 2 is 2.20 bits per heavy atom. The van der Waals surface area contributed by atoms with Crippen molar-refractivity contribution in [1.82, 2.24) is 15.1 Å². The van der Waals surface area contributed by atoms with E-state index in [2.05, 4.69) is 22.5 Å². The molecular weight excluding hydrogens is 190 g/mol. The van der Waals surface area contributed by atoms with Crippen LogP contribution in [0.1, 0.15) is 5.69 Å². The van der Waals surface area contributed by atoms with Gasteiger partial charge in [0, 0.05) is 25.5 Å². The molecule has 0 bridgehead atoms. The van der Waals surface area contributed by atoms with Gasteiger partial charge in [0.05, 0.1) is 17.8 Å². The summed E-state index contributed by atoms with van der Waals surface area (Å²) in [7, 11) is 1.94. The van der Waals surface area contributed by atoms with Crippen LogP contribution in [0.2, 0.25) is 0 Å². The molecule has 4 heteroatoms. The number of hydrogen-bond donors (Lipinski definition) is 2. The summed E-state index contributed by atoms with van der Waals surface area (Å²) >= 11 is 0. The van der Waals surface area contributed by atoms with Gasteiger partial charge in [-0.25, -0.2) is 0 Å². The monoisotopic (exact) mass is 205 g/mol. The molecule has 2 aromatic rings. The van der Waals surface area contributed by atoms with Crippen LogP contribution >= 0.6 is 0 Å².